The molecule has 0 fully saturated rings. The van der Waals surface area contributed by atoms with Crippen molar-refractivity contribution in [3.8, 4) is 11.5 Å². The Kier molecular flexibility index (Phi) is 4.84. The van der Waals surface area contributed by atoms with E-state index in [0.717, 1.165) is 32.6 Å². The molecular weight excluding hydrogens is 364 g/mol. The molecule has 0 saturated heterocycles. The summed E-state index contributed by atoms with van der Waals surface area (Å²) in [5.41, 5.74) is 8.82. The molecule has 0 unspecified atom stereocenters. The number of ether oxygens (including phenoxy) is 3. The molecule has 142 valence electrons. The molecule has 1 aromatic carbocycles. The molecule has 0 spiro atoms. The van der Waals surface area contributed by atoms with Crippen LogP contribution in [0.2, 0.25) is 0 Å². The SMILES string of the molecule is Cc1cc2c(cc1Sc1nc3c(N)nccc3n1CCOC(C)C)OCO2. The molecule has 0 aliphatic carbocycles. The fraction of sp³-hybridized carbons (Fsp3) is 0.368. The number of hydrogen-bond acceptors (Lipinski definition) is 7. The van der Waals surface area contributed by atoms with Crippen LogP contribution in [0.3, 0.4) is 0 Å². The van der Waals surface area contributed by atoms with Crippen LogP contribution >= 0.6 is 11.8 Å². The van der Waals surface area contributed by atoms with E-state index < -0.39 is 0 Å². The molecular formula is C19H22N4O3S. The first-order valence-corrected chi connectivity index (χ1v) is 9.65. The zero-order valence-corrected chi connectivity index (χ0v) is 16.4. The standard InChI is InChI=1S/C19H22N4O3S/c1-11(2)24-7-6-23-13-4-5-21-18(20)17(13)22-19(23)27-16-9-15-14(8-12(16)3)25-10-26-15/h4-5,8-9,11H,6-7,10H2,1-3H3,(H2,20,21). The number of hydrogen-bond donors (Lipinski definition) is 1. The molecule has 3 aromatic rings. The van der Waals surface area contributed by atoms with Gasteiger partial charge in [0.15, 0.2) is 22.5 Å². The van der Waals surface area contributed by atoms with Crippen molar-refractivity contribution in [1.82, 2.24) is 14.5 Å². The van der Waals surface area contributed by atoms with Crippen LogP contribution in [-0.2, 0) is 11.3 Å². The first kappa shape index (κ1) is 17.9. The Morgan fingerprint density at radius 2 is 2.07 bits per heavy atom. The number of nitrogens with two attached hydrogens (primary N) is 1. The lowest BCUT2D eigenvalue weighted by Crippen LogP contribution is -2.11. The number of aryl methyl sites for hydroxylation is 1. The molecule has 0 bridgehead atoms. The molecule has 3 heterocycles. The molecule has 27 heavy (non-hydrogen) atoms. The third-order valence-corrected chi connectivity index (χ3v) is 5.45. The second-order valence-electron chi connectivity index (χ2n) is 6.60. The molecule has 1 aliphatic rings. The summed E-state index contributed by atoms with van der Waals surface area (Å²) in [6.45, 7) is 7.65. The van der Waals surface area contributed by atoms with E-state index in [4.69, 9.17) is 24.9 Å². The van der Waals surface area contributed by atoms with Crippen molar-refractivity contribution in [2.75, 3.05) is 19.1 Å². The maximum atomic E-state index is 6.05. The maximum absolute atomic E-state index is 6.05. The van der Waals surface area contributed by atoms with E-state index >= 15 is 0 Å². The lowest BCUT2D eigenvalue weighted by Gasteiger charge is -2.12. The van der Waals surface area contributed by atoms with Gasteiger partial charge >= 0.3 is 0 Å². The molecule has 7 nitrogen and oxygen atoms in total. The van der Waals surface area contributed by atoms with E-state index in [1.807, 2.05) is 32.0 Å². The van der Waals surface area contributed by atoms with E-state index in [1.165, 1.54) is 0 Å². The lowest BCUT2D eigenvalue weighted by atomic mass is 10.2. The van der Waals surface area contributed by atoms with Gasteiger partial charge in [-0.3, -0.25) is 0 Å². The van der Waals surface area contributed by atoms with Crippen LogP contribution in [0, 0.1) is 6.92 Å². The predicted octanol–water partition coefficient (Wildman–Crippen LogP) is 3.63. The summed E-state index contributed by atoms with van der Waals surface area (Å²) in [7, 11) is 0. The average Bonchev–Trinajstić information content (AvgIpc) is 3.21. The highest BCUT2D eigenvalue weighted by atomic mass is 32.2. The van der Waals surface area contributed by atoms with Crippen LogP contribution in [-0.4, -0.2) is 34.0 Å². The number of pyridine rings is 1. The van der Waals surface area contributed by atoms with E-state index in [0.29, 0.717) is 24.5 Å². The maximum Gasteiger partial charge on any atom is 0.231 e. The Morgan fingerprint density at radius 1 is 1.30 bits per heavy atom. The third-order valence-electron chi connectivity index (χ3n) is 4.30. The molecule has 0 amide bonds. The Bertz CT molecular complexity index is 987. The van der Waals surface area contributed by atoms with Crippen molar-refractivity contribution >= 4 is 28.6 Å². The van der Waals surface area contributed by atoms with Gasteiger partial charge in [-0.2, -0.15) is 0 Å². The van der Waals surface area contributed by atoms with Crippen molar-refractivity contribution in [3.63, 3.8) is 0 Å². The predicted molar refractivity (Wildman–Crippen MR) is 104 cm³/mol. The fourth-order valence-electron chi connectivity index (χ4n) is 2.96. The number of fused-ring (bicyclic) bond motifs is 2. The van der Waals surface area contributed by atoms with Crippen LogP contribution in [0.25, 0.3) is 11.0 Å². The smallest absolute Gasteiger partial charge is 0.231 e. The molecule has 0 saturated carbocycles. The topological polar surface area (TPSA) is 84.4 Å². The van der Waals surface area contributed by atoms with E-state index in [1.54, 1.807) is 18.0 Å². The molecule has 0 radical (unpaired) electrons. The monoisotopic (exact) mass is 386 g/mol. The molecule has 4 rings (SSSR count). The number of aromatic nitrogens is 3. The summed E-state index contributed by atoms with van der Waals surface area (Å²) < 4.78 is 18.8. The van der Waals surface area contributed by atoms with Gasteiger partial charge in [-0.15, -0.1) is 0 Å². The van der Waals surface area contributed by atoms with Crippen molar-refractivity contribution in [2.45, 2.75) is 43.5 Å². The highest BCUT2D eigenvalue weighted by molar-refractivity contribution is 7.99. The summed E-state index contributed by atoms with van der Waals surface area (Å²) in [5.74, 6) is 1.97. The van der Waals surface area contributed by atoms with Gasteiger partial charge in [0.05, 0.1) is 18.2 Å². The Balaban J connectivity index is 1.71. The zero-order chi connectivity index (χ0) is 19.0. The number of imidazole rings is 1. The second kappa shape index (κ2) is 7.28. The van der Waals surface area contributed by atoms with Crippen molar-refractivity contribution < 1.29 is 14.2 Å². The van der Waals surface area contributed by atoms with Crippen LogP contribution in [0.5, 0.6) is 11.5 Å². The molecule has 2 N–H and O–H groups in total. The minimum absolute atomic E-state index is 0.179. The van der Waals surface area contributed by atoms with Crippen molar-refractivity contribution in [1.29, 1.82) is 0 Å². The number of anilines is 1. The third kappa shape index (κ3) is 3.54. The van der Waals surface area contributed by atoms with E-state index in [-0.39, 0.29) is 12.9 Å². The first-order valence-electron chi connectivity index (χ1n) is 8.83. The number of rotatable bonds is 6. The van der Waals surface area contributed by atoms with Gasteiger partial charge in [-0.1, -0.05) is 11.8 Å². The van der Waals surface area contributed by atoms with Gasteiger partial charge < -0.3 is 24.5 Å². The number of nitrogen functional groups attached to an aromatic ring is 1. The largest absolute Gasteiger partial charge is 0.454 e. The highest BCUT2D eigenvalue weighted by Crippen LogP contribution is 2.41. The normalized spacial score (nSPS) is 13.0. The number of nitrogens with zero attached hydrogens (tertiary/aromatic N) is 3. The average molecular weight is 386 g/mol. The summed E-state index contributed by atoms with van der Waals surface area (Å²) in [4.78, 5) is 9.98. The second-order valence-corrected chi connectivity index (χ2v) is 7.61. The van der Waals surface area contributed by atoms with Crippen LogP contribution in [0.4, 0.5) is 5.82 Å². The minimum atomic E-state index is 0.179. The van der Waals surface area contributed by atoms with Gasteiger partial charge in [0.1, 0.15) is 5.52 Å². The van der Waals surface area contributed by atoms with Crippen molar-refractivity contribution in [3.05, 3.63) is 30.0 Å². The Labute approximate surface area is 161 Å². The van der Waals surface area contributed by atoms with Gasteiger partial charge in [-0.05, 0) is 44.5 Å². The number of benzene rings is 1. The van der Waals surface area contributed by atoms with Gasteiger partial charge in [-0.25, -0.2) is 9.97 Å². The molecule has 0 atom stereocenters. The first-order chi connectivity index (χ1) is 13.0. The van der Waals surface area contributed by atoms with E-state index in [2.05, 4.69) is 16.5 Å². The lowest BCUT2D eigenvalue weighted by molar-refractivity contribution is 0.0721. The van der Waals surface area contributed by atoms with Crippen molar-refractivity contribution in [2.24, 2.45) is 0 Å². The quantitative estimate of drug-likeness (QED) is 0.692. The molecule has 2 aromatic heterocycles. The summed E-state index contributed by atoms with van der Waals surface area (Å²) in [6.07, 6.45) is 1.89. The van der Waals surface area contributed by atoms with Crippen LogP contribution in [0.1, 0.15) is 19.4 Å². The molecule has 1 aliphatic heterocycles. The minimum Gasteiger partial charge on any atom is -0.454 e. The zero-order valence-electron chi connectivity index (χ0n) is 15.6. The van der Waals surface area contributed by atoms with E-state index in [9.17, 15) is 0 Å². The summed E-state index contributed by atoms with van der Waals surface area (Å²) >= 11 is 1.58. The summed E-state index contributed by atoms with van der Waals surface area (Å²) in [5, 5.41) is 0.846. The van der Waals surface area contributed by atoms with Gasteiger partial charge in [0.2, 0.25) is 6.79 Å². The van der Waals surface area contributed by atoms with Crippen LogP contribution in [0.15, 0.2) is 34.4 Å². The summed E-state index contributed by atoms with van der Waals surface area (Å²) in [6, 6.07) is 5.93. The molecule has 8 heteroatoms. The van der Waals surface area contributed by atoms with Crippen LogP contribution < -0.4 is 15.2 Å². The highest BCUT2D eigenvalue weighted by Gasteiger charge is 2.19. The van der Waals surface area contributed by atoms with Gasteiger partial charge in [0, 0.05) is 17.6 Å². The van der Waals surface area contributed by atoms with Gasteiger partial charge in [0.25, 0.3) is 0 Å². The Morgan fingerprint density at radius 3 is 2.85 bits per heavy atom. The Hall–Kier alpha value is -2.45. The fourth-order valence-corrected chi connectivity index (χ4v) is 3.98.